The van der Waals surface area contributed by atoms with E-state index in [4.69, 9.17) is 9.47 Å². The van der Waals surface area contributed by atoms with E-state index in [1.807, 2.05) is 0 Å². The second kappa shape index (κ2) is 28.1. The molecular formula is C63H45F17N4O14S3. The second-order valence-electron chi connectivity index (χ2n) is 23.3. The number of aromatic amines is 2. The number of aromatic nitrogens is 4. The molecule has 0 spiro atoms. The second-order valence-corrected chi connectivity index (χ2v) is 26.7. The monoisotopic (exact) mass is 1500 g/mol. The van der Waals surface area contributed by atoms with Gasteiger partial charge >= 0.3 is 0 Å². The maximum Gasteiger partial charge on any atom is 0.200 e. The first-order valence-electron chi connectivity index (χ1n) is 29.3. The van der Waals surface area contributed by atoms with E-state index in [1.165, 1.54) is 0 Å². The van der Waals surface area contributed by atoms with Gasteiger partial charge in [-0.2, -0.15) is 0 Å². The fourth-order valence-electron chi connectivity index (χ4n) is 12.2. The molecule has 18 nitrogen and oxygen atoms in total. The molecule has 12 rings (SSSR count). The number of hydrogen-bond donors (Lipinski definition) is 14. The first-order chi connectivity index (χ1) is 47.8. The van der Waals surface area contributed by atoms with Crippen molar-refractivity contribution >= 4 is 81.7 Å². The Bertz CT molecular complexity index is 4580. The quantitative estimate of drug-likeness (QED) is 0.0295. The number of aliphatic hydroxyl groups excluding tert-OH is 12. The SMILES string of the molecule is OC[C@H]1C[C@H](Sc2c(F)c(F)c(-c3c4nc(c(-c5c(F)c(F)c(S[C@H]6O[C@H](CO)[C@@H](O)[C@H](O)[C@@H]6O)c(F)c5F)c5ccc([nH]5)c(-c5c(F)c(F)c(S[C@H]6O[C@H](CO)[C@@H](O)[C@H](O)[C@@H]6O)c(F)c5F)c5nc(c(-c6c(F)c(F)c(F)c(F)c6F)c6ccc3[nH]6)C=C5)C=C4)c(F)c2F)[C@@H](O)[C@@H](O)[C@@H]1O. The zero-order valence-electron chi connectivity index (χ0n) is 49.8. The van der Waals surface area contributed by atoms with Crippen LogP contribution in [0.4, 0.5) is 74.6 Å². The molecule has 4 aliphatic heterocycles. The summed E-state index contributed by atoms with van der Waals surface area (Å²) in [5.74, 6) is -43.6. The minimum Gasteiger partial charge on any atom is -0.396 e. The van der Waals surface area contributed by atoms with Gasteiger partial charge in [0, 0.05) is 62.1 Å². The van der Waals surface area contributed by atoms with E-state index in [9.17, 15) is 65.7 Å². The summed E-state index contributed by atoms with van der Waals surface area (Å²) in [5, 5.41) is 122. The summed E-state index contributed by atoms with van der Waals surface area (Å²) in [6, 6.07) is 2.54. The molecule has 14 N–H and O–H groups in total. The number of rotatable bonds is 13. The molecule has 5 aliphatic rings. The van der Waals surface area contributed by atoms with Crippen molar-refractivity contribution in [2.45, 2.75) is 104 Å². The third-order valence-electron chi connectivity index (χ3n) is 17.4. The van der Waals surface area contributed by atoms with Crippen LogP contribution >= 0.6 is 35.3 Å². The number of aliphatic hydroxyl groups is 12. The molecule has 7 aromatic rings. The highest BCUT2D eigenvalue weighted by Gasteiger charge is 2.49. The molecule has 4 aromatic carbocycles. The number of thioether (sulfide) groups is 3. The molecule has 38 heteroatoms. The van der Waals surface area contributed by atoms with Crippen LogP contribution in [0.15, 0.2) is 39.0 Å². The van der Waals surface area contributed by atoms with Gasteiger partial charge in [0.05, 0.1) is 85.1 Å². The van der Waals surface area contributed by atoms with Crippen molar-refractivity contribution in [3.63, 3.8) is 0 Å². The summed E-state index contributed by atoms with van der Waals surface area (Å²) in [6.45, 7) is -3.13. The molecule has 3 aromatic heterocycles. The van der Waals surface area contributed by atoms with Gasteiger partial charge in [-0.15, -0.1) is 11.8 Å². The highest BCUT2D eigenvalue weighted by atomic mass is 32.2. The average Bonchev–Trinajstić information content (AvgIpc) is 1.71. The zero-order chi connectivity index (χ0) is 73.3. The van der Waals surface area contributed by atoms with Crippen LogP contribution in [-0.2, 0) is 9.47 Å². The third-order valence-corrected chi connectivity index (χ3v) is 21.2. The van der Waals surface area contributed by atoms with Crippen molar-refractivity contribution in [2.24, 2.45) is 5.92 Å². The highest BCUT2D eigenvalue weighted by Crippen LogP contribution is 2.50. The van der Waals surface area contributed by atoms with Gasteiger partial charge in [-0.3, -0.25) is 0 Å². The van der Waals surface area contributed by atoms with Crippen molar-refractivity contribution < 1.29 is 145 Å². The third kappa shape index (κ3) is 12.2. The van der Waals surface area contributed by atoms with Gasteiger partial charge in [0.15, 0.2) is 93.1 Å². The number of fused-ring (bicyclic) bond motifs is 8. The number of halogens is 17. The first-order valence-corrected chi connectivity index (χ1v) is 32.0. The maximum atomic E-state index is 17.4. The van der Waals surface area contributed by atoms with Crippen molar-refractivity contribution in [1.82, 2.24) is 19.9 Å². The minimum atomic E-state index is -2.77. The Balaban J connectivity index is 1.19. The molecular weight excluding hydrogens is 1460 g/mol. The summed E-state index contributed by atoms with van der Waals surface area (Å²) in [6.07, 6.45) is -21.0. The number of nitrogens with zero attached hydrogens (tertiary/aromatic N) is 2. The van der Waals surface area contributed by atoms with Gasteiger partial charge in [-0.05, 0) is 55.0 Å². The van der Waals surface area contributed by atoms with Crippen LogP contribution in [-0.4, -0.2) is 184 Å². The Morgan fingerprint density at radius 2 is 0.584 bits per heavy atom. The summed E-state index contributed by atoms with van der Waals surface area (Å²) in [5.41, 5.74) is -25.4. The van der Waals surface area contributed by atoms with Gasteiger partial charge in [0.25, 0.3) is 0 Å². The lowest BCUT2D eigenvalue weighted by Gasteiger charge is -2.39. The van der Waals surface area contributed by atoms with Gasteiger partial charge in [-0.1, -0.05) is 23.5 Å². The van der Waals surface area contributed by atoms with Gasteiger partial charge < -0.3 is 80.7 Å². The number of benzene rings is 4. The van der Waals surface area contributed by atoms with Crippen molar-refractivity contribution in [1.29, 1.82) is 0 Å². The molecule has 2 saturated heterocycles. The fourth-order valence-corrected chi connectivity index (χ4v) is 15.7. The molecule has 8 bridgehead atoms. The molecule has 538 valence electrons. The lowest BCUT2D eigenvalue weighted by Crippen LogP contribution is -2.57. The number of ether oxygens (including phenoxy) is 2. The lowest BCUT2D eigenvalue weighted by molar-refractivity contribution is -0.205. The maximum absolute atomic E-state index is 17.4. The van der Waals surface area contributed by atoms with Gasteiger partial charge in [0.1, 0.15) is 65.8 Å². The van der Waals surface area contributed by atoms with Crippen LogP contribution in [0.1, 0.15) is 29.2 Å². The normalized spacial score (nSPS) is 26.0. The molecule has 1 saturated carbocycles. The largest absolute Gasteiger partial charge is 0.396 e. The Morgan fingerprint density at radius 1 is 0.317 bits per heavy atom. The highest BCUT2D eigenvalue weighted by molar-refractivity contribution is 8.00. The van der Waals surface area contributed by atoms with E-state index < -0.39 is 318 Å². The summed E-state index contributed by atoms with van der Waals surface area (Å²) in [4.78, 5) is 8.04. The van der Waals surface area contributed by atoms with Crippen LogP contribution < -0.4 is 0 Å². The number of nitrogens with one attached hydrogen (secondary N) is 2. The van der Waals surface area contributed by atoms with Crippen molar-refractivity contribution in [2.75, 3.05) is 19.8 Å². The fraction of sp³-hybridized carbons (Fsp3) is 0.302. The molecule has 0 unspecified atom stereocenters. The van der Waals surface area contributed by atoms with E-state index in [1.54, 1.807) is 0 Å². The van der Waals surface area contributed by atoms with Crippen molar-refractivity contribution in [3.05, 3.63) is 146 Å². The van der Waals surface area contributed by atoms with E-state index in [0.717, 1.165) is 0 Å². The topological polar surface area (TPSA) is 319 Å². The number of hydrogen-bond acceptors (Lipinski definition) is 19. The van der Waals surface area contributed by atoms with E-state index in [0.29, 0.717) is 48.6 Å². The van der Waals surface area contributed by atoms with Crippen LogP contribution in [0.5, 0.6) is 0 Å². The summed E-state index contributed by atoms with van der Waals surface area (Å²) < 4.78 is 295. The average molecular weight is 1500 g/mol. The molecule has 3 fully saturated rings. The summed E-state index contributed by atoms with van der Waals surface area (Å²) >= 11 is -0.838. The molecule has 7 heterocycles. The smallest absolute Gasteiger partial charge is 0.200 e. The standard InChI is InChI=1S/C63H45F17N4O14S3/c64-33-29(34(65)42(73)43(74)41(33)72)25-14-1-3-16(81-14)26(30-35(66)44(75)59(45(76)36(30)67)99-24-9-13(10-85)50(88)54(92)53(24)91)17-5-6-20(83-17)28(32-39(70)48(79)61(49(80)40(32)71)101-63-58(96)56(94)52(90)23(12-87)98-63)21-8-7-19(84-21)27(18-4-2-15(25)82-18)31-37(68)46(77)60(47(78)38(31)69)100-62-57(95)55(93)51(89)22(11-86)97-62/h1-8,13,22-24,50-58,62-63,81,84-96H,9-12H2/t13-,22-,23-,24+,50-,51-,52-,53-,54+,55+,56+,57+,58+,62-,63-/m1/s1. The summed E-state index contributed by atoms with van der Waals surface area (Å²) in [7, 11) is 0. The zero-order valence-corrected chi connectivity index (χ0v) is 52.3. The molecule has 0 amide bonds. The van der Waals surface area contributed by atoms with Crippen LogP contribution in [0, 0.1) is 105 Å². The number of H-pyrrole nitrogens is 2. The minimum absolute atomic E-state index is 0.134. The van der Waals surface area contributed by atoms with Gasteiger partial charge in [-0.25, -0.2) is 84.6 Å². The van der Waals surface area contributed by atoms with Crippen LogP contribution in [0.3, 0.4) is 0 Å². The van der Waals surface area contributed by atoms with Crippen LogP contribution in [0.25, 0.3) is 90.9 Å². The Morgan fingerprint density at radius 3 is 0.871 bits per heavy atom. The molecule has 101 heavy (non-hydrogen) atoms. The Hall–Kier alpha value is -7.22. The van der Waals surface area contributed by atoms with E-state index in [-0.39, 0.29) is 35.3 Å². The van der Waals surface area contributed by atoms with Gasteiger partial charge in [0.2, 0.25) is 5.82 Å². The predicted molar refractivity (Wildman–Crippen MR) is 322 cm³/mol. The lowest BCUT2D eigenvalue weighted by atomic mass is 9.83. The molecule has 15 atom stereocenters. The Kier molecular flexibility index (Phi) is 20.5. The van der Waals surface area contributed by atoms with Crippen LogP contribution in [0.2, 0.25) is 0 Å². The van der Waals surface area contributed by atoms with E-state index in [2.05, 4.69) is 19.9 Å². The predicted octanol–water partition coefficient (Wildman–Crippen LogP) is 8.03. The first kappa shape index (κ1) is 73.5. The van der Waals surface area contributed by atoms with Crippen molar-refractivity contribution in [3.8, 4) is 44.5 Å². The Labute approximate surface area is 565 Å². The molecule has 0 radical (unpaired) electrons. The van der Waals surface area contributed by atoms with E-state index >= 15 is 70.2 Å². The molecule has 1 aliphatic carbocycles.